The number of hydrogen-bond acceptors (Lipinski definition) is 1. The predicted octanol–water partition coefficient (Wildman–Crippen LogP) is 2.48. The molecule has 0 saturated carbocycles. The first kappa shape index (κ1) is 17.8. The van der Waals surface area contributed by atoms with Crippen LogP contribution in [0, 0.1) is 27.7 Å². The molecule has 0 amide bonds. The van der Waals surface area contributed by atoms with Gasteiger partial charge >= 0.3 is 147 Å². The maximum absolute atomic E-state index is 10.3. The summed E-state index contributed by atoms with van der Waals surface area (Å²) in [5.74, 6) is 0. The third-order valence-corrected chi connectivity index (χ3v) is 7.98. The van der Waals surface area contributed by atoms with Crippen LogP contribution in [-0.4, -0.2) is 41.1 Å². The molecule has 0 aliphatic carbocycles. The molecule has 0 saturated heterocycles. The van der Waals surface area contributed by atoms with Crippen molar-refractivity contribution in [2.75, 3.05) is 0 Å². The Balaban J connectivity index is 1.83. The third-order valence-electron chi connectivity index (χ3n) is 3.28. The van der Waals surface area contributed by atoms with E-state index in [0.717, 1.165) is 10.6 Å². The molecule has 0 fully saturated rings. The molecule has 3 heteroatoms. The molecule has 2 rings (SSSR count). The van der Waals surface area contributed by atoms with Crippen molar-refractivity contribution < 1.29 is 5.11 Å². The van der Waals surface area contributed by atoms with Gasteiger partial charge in [0.15, 0.2) is 0 Å². The number of rotatable bonds is 6. The number of hydrogen-bond donors (Lipinski definition) is 1. The van der Waals surface area contributed by atoms with E-state index in [0.29, 0.717) is 29.9 Å². The molecule has 0 unspecified atom stereocenters. The van der Waals surface area contributed by atoms with Gasteiger partial charge in [0.05, 0.1) is 0 Å². The van der Waals surface area contributed by atoms with Crippen LogP contribution in [0.15, 0.2) is 36.4 Å². The first-order chi connectivity index (χ1) is 10.4. The second-order valence-electron chi connectivity index (χ2n) is 5.92. The van der Waals surface area contributed by atoms with Crippen LogP contribution in [0.4, 0.5) is 0 Å². The van der Waals surface area contributed by atoms with Crippen LogP contribution in [0.1, 0.15) is 22.3 Å². The zero-order chi connectivity index (χ0) is 16.1. The van der Waals surface area contributed by atoms with Gasteiger partial charge in [-0.15, -0.1) is 0 Å². The molecular weight excluding hydrogens is 402 g/mol. The van der Waals surface area contributed by atoms with E-state index in [2.05, 4.69) is 64.1 Å². The minimum absolute atomic E-state index is 0.165. The van der Waals surface area contributed by atoms with E-state index in [9.17, 15) is 5.11 Å². The average molecular weight is 426 g/mol. The van der Waals surface area contributed by atoms with Crippen LogP contribution in [0.25, 0.3) is 0 Å². The maximum atomic E-state index is 10.3. The van der Waals surface area contributed by atoms with E-state index in [1.54, 1.807) is 0 Å². The van der Waals surface area contributed by atoms with Crippen molar-refractivity contribution in [2.45, 2.75) is 44.4 Å². The molecule has 0 aliphatic heterocycles. The summed E-state index contributed by atoms with van der Waals surface area (Å²) < 4.78 is 2.81. The zero-order valence-electron chi connectivity index (χ0n) is 13.7. The molecule has 1 nitrogen and oxygen atoms in total. The summed E-state index contributed by atoms with van der Waals surface area (Å²) in [6, 6.07) is 13.4. The second kappa shape index (κ2) is 8.34. The van der Waals surface area contributed by atoms with E-state index < -0.39 is 0 Å². The van der Waals surface area contributed by atoms with Crippen molar-refractivity contribution in [1.82, 2.24) is 0 Å². The van der Waals surface area contributed by atoms with E-state index in [1.807, 2.05) is 0 Å². The van der Waals surface area contributed by atoms with Gasteiger partial charge in [-0.2, -0.15) is 0 Å². The Morgan fingerprint density at radius 2 is 1.00 bits per heavy atom. The number of benzene rings is 2. The number of aliphatic hydroxyl groups is 1. The topological polar surface area (TPSA) is 20.2 Å². The third kappa shape index (κ3) is 5.91. The van der Waals surface area contributed by atoms with E-state index in [4.69, 9.17) is 0 Å². The van der Waals surface area contributed by atoms with Crippen LogP contribution in [0.2, 0.25) is 10.6 Å². The molecule has 118 valence electrons. The Bertz CT molecular complexity index is 541. The Labute approximate surface area is 146 Å². The monoisotopic (exact) mass is 428 g/mol. The SMILES string of the molecule is Cc1cc(C)cc([Se]CC(O)C[Se]c2cc(C)cc(C)c2)c1. The van der Waals surface area contributed by atoms with Gasteiger partial charge < -0.3 is 0 Å². The van der Waals surface area contributed by atoms with Gasteiger partial charge in [-0.3, -0.25) is 0 Å². The van der Waals surface area contributed by atoms with Crippen LogP contribution < -0.4 is 8.92 Å². The molecule has 0 aliphatic rings. The molecule has 2 aromatic rings. The van der Waals surface area contributed by atoms with Gasteiger partial charge in [0.25, 0.3) is 0 Å². The van der Waals surface area contributed by atoms with E-state index in [-0.39, 0.29) is 6.10 Å². The normalized spacial score (nSPS) is 11.2. The molecule has 22 heavy (non-hydrogen) atoms. The molecule has 0 bridgehead atoms. The van der Waals surface area contributed by atoms with E-state index in [1.165, 1.54) is 31.2 Å². The van der Waals surface area contributed by atoms with Crippen molar-refractivity contribution in [1.29, 1.82) is 0 Å². The van der Waals surface area contributed by atoms with Crippen LogP contribution in [0.5, 0.6) is 0 Å². The Hall–Kier alpha value is -0.561. The molecule has 0 spiro atoms. The van der Waals surface area contributed by atoms with Gasteiger partial charge in [0, 0.05) is 0 Å². The molecular formula is C19H24OSe2. The van der Waals surface area contributed by atoms with Crippen molar-refractivity contribution >= 4 is 38.8 Å². The summed E-state index contributed by atoms with van der Waals surface area (Å²) in [4.78, 5) is 0. The van der Waals surface area contributed by atoms with Crippen molar-refractivity contribution in [3.8, 4) is 0 Å². The summed E-state index contributed by atoms with van der Waals surface area (Å²) in [5.41, 5.74) is 5.30. The molecule has 0 heterocycles. The van der Waals surface area contributed by atoms with Gasteiger partial charge in [-0.1, -0.05) is 0 Å². The number of aliphatic hydroxyl groups excluding tert-OH is 1. The van der Waals surface area contributed by atoms with Gasteiger partial charge in [-0.25, -0.2) is 0 Å². The fourth-order valence-corrected chi connectivity index (χ4v) is 7.59. The fourth-order valence-electron chi connectivity index (χ4n) is 2.47. The van der Waals surface area contributed by atoms with E-state index >= 15 is 0 Å². The summed E-state index contributed by atoms with van der Waals surface area (Å²) in [6.45, 7) is 8.58. The van der Waals surface area contributed by atoms with Gasteiger partial charge in [0.1, 0.15) is 0 Å². The molecule has 0 radical (unpaired) electrons. The second-order valence-corrected chi connectivity index (χ2v) is 10.5. The Morgan fingerprint density at radius 1 is 0.682 bits per heavy atom. The number of aryl methyl sites for hydroxylation is 4. The standard InChI is InChI=1S/C19H24OSe2/c1-13-5-14(2)8-18(7-13)21-11-17(20)12-22-19-9-15(3)6-16(4)10-19/h5-10,17,20H,11-12H2,1-4H3. The summed E-state index contributed by atoms with van der Waals surface area (Å²) in [6.07, 6.45) is -0.165. The Morgan fingerprint density at radius 3 is 1.32 bits per heavy atom. The van der Waals surface area contributed by atoms with Crippen LogP contribution >= 0.6 is 0 Å². The first-order valence-corrected chi connectivity index (χ1v) is 11.7. The summed E-state index contributed by atoms with van der Waals surface area (Å²) in [7, 11) is 0. The summed E-state index contributed by atoms with van der Waals surface area (Å²) in [5, 5.41) is 12.1. The molecule has 2 aromatic carbocycles. The van der Waals surface area contributed by atoms with Crippen molar-refractivity contribution in [3.05, 3.63) is 58.7 Å². The summed E-state index contributed by atoms with van der Waals surface area (Å²) >= 11 is 0.740. The van der Waals surface area contributed by atoms with Gasteiger partial charge in [-0.05, 0) is 0 Å². The van der Waals surface area contributed by atoms with Crippen LogP contribution in [0.3, 0.4) is 0 Å². The molecule has 1 N–H and O–H groups in total. The zero-order valence-corrected chi connectivity index (χ0v) is 17.1. The van der Waals surface area contributed by atoms with Crippen molar-refractivity contribution in [2.24, 2.45) is 0 Å². The van der Waals surface area contributed by atoms with Gasteiger partial charge in [0.2, 0.25) is 0 Å². The minimum atomic E-state index is -0.165. The average Bonchev–Trinajstić information content (AvgIpc) is 2.41. The molecule has 0 aromatic heterocycles. The van der Waals surface area contributed by atoms with Crippen molar-refractivity contribution in [3.63, 3.8) is 0 Å². The Kier molecular flexibility index (Phi) is 6.74. The predicted molar refractivity (Wildman–Crippen MR) is 98.2 cm³/mol. The first-order valence-electron chi connectivity index (χ1n) is 7.52. The van der Waals surface area contributed by atoms with Crippen LogP contribution in [-0.2, 0) is 0 Å². The fraction of sp³-hybridized carbons (Fsp3) is 0.368. The quantitative estimate of drug-likeness (QED) is 0.704. The molecule has 0 atom stereocenters.